The van der Waals surface area contributed by atoms with E-state index in [-0.39, 0.29) is 5.92 Å². The number of hydrogen-bond acceptors (Lipinski definition) is 2. The summed E-state index contributed by atoms with van der Waals surface area (Å²) in [6.45, 7) is 0.430. The Morgan fingerprint density at radius 1 is 1.19 bits per heavy atom. The highest BCUT2D eigenvalue weighted by molar-refractivity contribution is 9.10. The van der Waals surface area contributed by atoms with Crippen molar-refractivity contribution in [2.24, 2.45) is 0 Å². The van der Waals surface area contributed by atoms with Gasteiger partial charge in [-0.3, -0.25) is 0 Å². The Kier molecular flexibility index (Phi) is 5.93. The van der Waals surface area contributed by atoms with Gasteiger partial charge in [-0.15, -0.1) is 0 Å². The summed E-state index contributed by atoms with van der Waals surface area (Å²) in [5.74, 6) is 0.439. The summed E-state index contributed by atoms with van der Waals surface area (Å²) in [6, 6.07) is 15.0. The second-order valence-corrected chi connectivity index (χ2v) is 6.11. The van der Waals surface area contributed by atoms with Crippen molar-refractivity contribution >= 4 is 39.1 Å². The lowest BCUT2D eigenvalue weighted by atomic mass is 9.97. The van der Waals surface area contributed by atoms with Gasteiger partial charge in [0.1, 0.15) is 5.75 Å². The van der Waals surface area contributed by atoms with Gasteiger partial charge in [-0.25, -0.2) is 0 Å². The molecule has 0 amide bonds. The van der Waals surface area contributed by atoms with Gasteiger partial charge in [0.25, 0.3) is 0 Å². The first-order valence-corrected chi connectivity index (χ1v) is 7.88. The molecule has 0 saturated carbocycles. The molecule has 0 radical (unpaired) electrons. The second kappa shape index (κ2) is 7.70. The van der Waals surface area contributed by atoms with Crippen molar-refractivity contribution in [3.63, 3.8) is 0 Å². The Hall–Kier alpha value is -1.21. The highest BCUT2D eigenvalue weighted by Crippen LogP contribution is 2.30. The van der Waals surface area contributed by atoms with Crippen LogP contribution in [0.15, 0.2) is 46.9 Å². The molecule has 0 aliphatic heterocycles. The molecule has 0 aliphatic rings. The molecule has 108 valence electrons. The third-order valence-corrected chi connectivity index (χ3v) is 4.21. The van der Waals surface area contributed by atoms with Crippen LogP contribution in [-0.2, 0) is 0 Å². The zero-order chi connectivity index (χ0) is 15.2. The molecule has 5 heteroatoms. The maximum absolute atomic E-state index is 9.32. The van der Waals surface area contributed by atoms with Crippen molar-refractivity contribution in [3.8, 4) is 11.8 Å². The molecule has 2 aromatic carbocycles. The van der Waals surface area contributed by atoms with E-state index in [1.807, 2.05) is 24.3 Å². The Morgan fingerprint density at radius 2 is 1.95 bits per heavy atom. The molecule has 2 nitrogen and oxygen atoms in total. The molecule has 2 rings (SSSR count). The number of halogens is 3. The second-order valence-electron chi connectivity index (χ2n) is 4.42. The van der Waals surface area contributed by atoms with Crippen LogP contribution in [0, 0.1) is 11.3 Å². The summed E-state index contributed by atoms with van der Waals surface area (Å²) in [7, 11) is 0. The smallest absolute Gasteiger partial charge is 0.133 e. The fourth-order valence-electron chi connectivity index (χ4n) is 1.92. The molecule has 0 unspecified atom stereocenters. The van der Waals surface area contributed by atoms with Crippen LogP contribution in [-0.4, -0.2) is 6.61 Å². The summed E-state index contributed by atoms with van der Waals surface area (Å²) in [6.07, 6.45) is 0.555. The zero-order valence-electron chi connectivity index (χ0n) is 11.0. The van der Waals surface area contributed by atoms with Crippen LogP contribution in [0.1, 0.15) is 17.9 Å². The van der Waals surface area contributed by atoms with Crippen molar-refractivity contribution in [3.05, 3.63) is 62.5 Å². The van der Waals surface area contributed by atoms with E-state index in [2.05, 4.69) is 22.0 Å². The van der Waals surface area contributed by atoms with E-state index in [0.717, 1.165) is 15.8 Å². The first kappa shape index (κ1) is 16.2. The number of benzene rings is 2. The molecule has 0 fully saturated rings. The molecule has 0 heterocycles. The van der Waals surface area contributed by atoms with E-state index in [4.69, 9.17) is 27.9 Å². The highest BCUT2D eigenvalue weighted by atomic mass is 79.9. The molecule has 0 spiro atoms. The third kappa shape index (κ3) is 4.38. The first-order chi connectivity index (χ1) is 10.1. The molecular formula is C16H12BrCl2NO. The number of nitrogens with zero attached hydrogens (tertiary/aromatic N) is 1. The maximum Gasteiger partial charge on any atom is 0.133 e. The van der Waals surface area contributed by atoms with Gasteiger partial charge < -0.3 is 4.74 Å². The summed E-state index contributed by atoms with van der Waals surface area (Å²) in [4.78, 5) is 0. The van der Waals surface area contributed by atoms with Gasteiger partial charge >= 0.3 is 0 Å². The van der Waals surface area contributed by atoms with E-state index in [1.54, 1.807) is 18.2 Å². The lowest BCUT2D eigenvalue weighted by molar-refractivity contribution is 0.304. The predicted octanol–water partition coefficient (Wildman–Crippen LogP) is 5.83. The van der Waals surface area contributed by atoms with Gasteiger partial charge in [-0.05, 0) is 45.8 Å². The molecule has 0 aromatic heterocycles. The number of rotatable bonds is 5. The van der Waals surface area contributed by atoms with Gasteiger partial charge in [0.15, 0.2) is 0 Å². The van der Waals surface area contributed by atoms with Gasteiger partial charge in [0, 0.05) is 16.5 Å². The van der Waals surface area contributed by atoms with Crippen molar-refractivity contribution in [2.75, 3.05) is 6.61 Å². The molecule has 0 aliphatic carbocycles. The van der Waals surface area contributed by atoms with Crippen LogP contribution < -0.4 is 4.74 Å². The number of nitriles is 1. The number of hydrogen-bond donors (Lipinski definition) is 0. The normalized spacial score (nSPS) is 11.7. The minimum absolute atomic E-state index is 0.322. The van der Waals surface area contributed by atoms with Crippen molar-refractivity contribution in [1.82, 2.24) is 0 Å². The Balaban J connectivity index is 2.01. The molecular weight excluding hydrogens is 373 g/mol. The number of para-hydroxylation sites is 1. The van der Waals surface area contributed by atoms with E-state index in [9.17, 15) is 5.26 Å². The summed E-state index contributed by atoms with van der Waals surface area (Å²) in [5, 5.41) is 10.4. The maximum atomic E-state index is 9.32. The van der Waals surface area contributed by atoms with Crippen LogP contribution in [0.4, 0.5) is 0 Å². The summed E-state index contributed by atoms with van der Waals surface area (Å²) < 4.78 is 6.58. The van der Waals surface area contributed by atoms with Crippen LogP contribution in [0.3, 0.4) is 0 Å². The van der Waals surface area contributed by atoms with Crippen molar-refractivity contribution in [1.29, 1.82) is 5.26 Å². The zero-order valence-corrected chi connectivity index (χ0v) is 14.1. The Labute approximate surface area is 142 Å². The summed E-state index contributed by atoms with van der Waals surface area (Å²) >= 11 is 15.4. The molecule has 1 atom stereocenters. The Bertz CT molecular complexity index is 670. The van der Waals surface area contributed by atoms with Crippen molar-refractivity contribution in [2.45, 2.75) is 12.3 Å². The molecule has 0 saturated heterocycles. The van der Waals surface area contributed by atoms with Gasteiger partial charge in [-0.2, -0.15) is 5.26 Å². The average Bonchev–Trinajstić information content (AvgIpc) is 2.46. The van der Waals surface area contributed by atoms with Gasteiger partial charge in [0.05, 0.1) is 23.1 Å². The topological polar surface area (TPSA) is 33.0 Å². The lowest BCUT2D eigenvalue weighted by Gasteiger charge is -2.13. The van der Waals surface area contributed by atoms with Crippen LogP contribution >= 0.6 is 39.1 Å². The van der Waals surface area contributed by atoms with Gasteiger partial charge in [-0.1, -0.05) is 41.4 Å². The molecule has 2 aromatic rings. The fraction of sp³-hybridized carbons (Fsp3) is 0.188. The standard InChI is InChI=1S/C16H12BrCl2NO/c17-14-3-1-2-4-16(14)21-8-7-11(10-20)13-6-5-12(18)9-15(13)19/h1-6,9,11H,7-8H2/t11-/m1/s1. The predicted molar refractivity (Wildman–Crippen MR) is 89.1 cm³/mol. The van der Waals surface area contributed by atoms with E-state index >= 15 is 0 Å². The summed E-state index contributed by atoms with van der Waals surface area (Å²) in [5.41, 5.74) is 0.777. The van der Waals surface area contributed by atoms with E-state index in [1.165, 1.54) is 0 Å². The lowest BCUT2D eigenvalue weighted by Crippen LogP contribution is -2.05. The monoisotopic (exact) mass is 383 g/mol. The minimum atomic E-state index is -0.322. The molecule has 0 N–H and O–H groups in total. The highest BCUT2D eigenvalue weighted by Gasteiger charge is 2.15. The fourth-order valence-corrected chi connectivity index (χ4v) is 2.86. The number of ether oxygens (including phenoxy) is 1. The van der Waals surface area contributed by atoms with Gasteiger partial charge in [0.2, 0.25) is 0 Å². The van der Waals surface area contributed by atoms with Crippen LogP contribution in [0.5, 0.6) is 5.75 Å². The van der Waals surface area contributed by atoms with E-state index < -0.39 is 0 Å². The Morgan fingerprint density at radius 3 is 2.62 bits per heavy atom. The first-order valence-electron chi connectivity index (χ1n) is 6.33. The molecule has 21 heavy (non-hydrogen) atoms. The minimum Gasteiger partial charge on any atom is -0.492 e. The SMILES string of the molecule is N#C[C@@H](CCOc1ccccc1Br)c1ccc(Cl)cc1Cl. The van der Waals surface area contributed by atoms with Crippen LogP contribution in [0.2, 0.25) is 10.0 Å². The quantitative estimate of drug-likeness (QED) is 0.649. The van der Waals surface area contributed by atoms with Crippen molar-refractivity contribution < 1.29 is 4.74 Å². The largest absolute Gasteiger partial charge is 0.492 e. The molecule has 0 bridgehead atoms. The average molecular weight is 385 g/mol. The van der Waals surface area contributed by atoms with Crippen LogP contribution in [0.25, 0.3) is 0 Å². The van der Waals surface area contributed by atoms with E-state index in [0.29, 0.717) is 23.1 Å². The third-order valence-electron chi connectivity index (χ3n) is 2.99.